The van der Waals surface area contributed by atoms with Crippen molar-refractivity contribution < 1.29 is 14.6 Å². The van der Waals surface area contributed by atoms with E-state index in [2.05, 4.69) is 48.5 Å². The van der Waals surface area contributed by atoms with Crippen LogP contribution >= 0.6 is 0 Å². The summed E-state index contributed by atoms with van der Waals surface area (Å²) in [6, 6.07) is 0. The third kappa shape index (κ3) is 2.39. The van der Waals surface area contributed by atoms with E-state index in [4.69, 9.17) is 4.74 Å². The van der Waals surface area contributed by atoms with E-state index in [1.807, 2.05) is 0 Å². The summed E-state index contributed by atoms with van der Waals surface area (Å²) in [6.45, 7) is 17.8. The Labute approximate surface area is 201 Å². The molecule has 1 aliphatic heterocycles. The van der Waals surface area contributed by atoms with Gasteiger partial charge in [0.2, 0.25) is 0 Å². The molecule has 2 bridgehead atoms. The van der Waals surface area contributed by atoms with E-state index >= 15 is 0 Å². The molecule has 33 heavy (non-hydrogen) atoms. The molecule has 1 spiro atoms. The molecule has 6 aliphatic rings. The number of ketones is 1. The van der Waals surface area contributed by atoms with Gasteiger partial charge in [0.05, 0.1) is 18.3 Å². The molecule has 0 aromatic carbocycles. The molecule has 0 amide bonds. The maximum absolute atomic E-state index is 13.0. The minimum atomic E-state index is -0.246. The van der Waals surface area contributed by atoms with Crippen LogP contribution in [0.2, 0.25) is 0 Å². The Morgan fingerprint density at radius 1 is 0.818 bits per heavy atom. The van der Waals surface area contributed by atoms with Crippen molar-refractivity contribution in [2.45, 2.75) is 124 Å². The fourth-order valence-corrected chi connectivity index (χ4v) is 11.8. The maximum Gasteiger partial charge on any atom is 0.138 e. The van der Waals surface area contributed by atoms with Crippen LogP contribution in [0.4, 0.5) is 0 Å². The predicted octanol–water partition coefficient (Wildman–Crippen LogP) is 6.56. The molecule has 1 N–H and O–H groups in total. The molecule has 3 heteroatoms. The summed E-state index contributed by atoms with van der Waals surface area (Å²) < 4.78 is 7.10. The molecule has 6 fully saturated rings. The van der Waals surface area contributed by atoms with Gasteiger partial charge in [-0.05, 0) is 91.8 Å². The Morgan fingerprint density at radius 3 is 2.24 bits per heavy atom. The minimum absolute atomic E-state index is 0.0139. The van der Waals surface area contributed by atoms with Gasteiger partial charge in [-0.1, -0.05) is 48.5 Å². The second-order valence-electron chi connectivity index (χ2n) is 15.6. The van der Waals surface area contributed by atoms with Gasteiger partial charge >= 0.3 is 0 Å². The standard InChI is InChI=1S/C30H48O3/c1-24(2)14-15-29-18-33-30(21(29)16-24)13-9-20-26(5)11-10-22(31)25(3,4)19(26)8-12-27(20,6)28(30,7)17-23(29)32/h19-21,23,32H,8-18H2,1-7H3/t19-,20+,21-,23+,26-,27+,28-,29+,30-/m0/s1. The average Bonchev–Trinajstić information content (AvgIpc) is 2.99. The lowest BCUT2D eigenvalue weighted by atomic mass is 9.30. The third-order valence-electron chi connectivity index (χ3n) is 13.9. The van der Waals surface area contributed by atoms with E-state index < -0.39 is 0 Å². The molecule has 0 aromatic rings. The second kappa shape index (κ2) is 6.28. The molecular weight excluding hydrogens is 408 g/mol. The summed E-state index contributed by atoms with van der Waals surface area (Å²) >= 11 is 0. The van der Waals surface area contributed by atoms with Crippen molar-refractivity contribution in [3.05, 3.63) is 0 Å². The molecule has 5 saturated carbocycles. The first kappa shape index (κ1) is 23.0. The fraction of sp³-hybridized carbons (Fsp3) is 0.967. The molecule has 3 nitrogen and oxygen atoms in total. The zero-order valence-electron chi connectivity index (χ0n) is 22.4. The first-order valence-electron chi connectivity index (χ1n) is 14.0. The Kier molecular flexibility index (Phi) is 4.38. The highest BCUT2D eigenvalue weighted by atomic mass is 16.5. The summed E-state index contributed by atoms with van der Waals surface area (Å²) in [6.07, 6.45) is 10.7. The van der Waals surface area contributed by atoms with Crippen LogP contribution in [0.15, 0.2) is 0 Å². The van der Waals surface area contributed by atoms with Crippen molar-refractivity contribution in [2.75, 3.05) is 6.61 Å². The lowest BCUT2D eigenvalue weighted by Crippen LogP contribution is -2.73. The highest BCUT2D eigenvalue weighted by molar-refractivity contribution is 5.85. The number of ether oxygens (including phenoxy) is 1. The molecule has 0 aromatic heterocycles. The highest BCUT2D eigenvalue weighted by Gasteiger charge is 2.79. The Morgan fingerprint density at radius 2 is 1.52 bits per heavy atom. The number of hydrogen-bond acceptors (Lipinski definition) is 3. The first-order chi connectivity index (χ1) is 15.2. The number of aliphatic hydroxyl groups excluding tert-OH is 1. The molecule has 6 rings (SSSR count). The van der Waals surface area contributed by atoms with E-state index in [0.717, 1.165) is 45.1 Å². The van der Waals surface area contributed by atoms with Gasteiger partial charge in [-0.2, -0.15) is 0 Å². The van der Waals surface area contributed by atoms with Gasteiger partial charge in [0.1, 0.15) is 5.78 Å². The minimum Gasteiger partial charge on any atom is -0.392 e. The van der Waals surface area contributed by atoms with Gasteiger partial charge in [-0.15, -0.1) is 0 Å². The van der Waals surface area contributed by atoms with Crippen LogP contribution in [0.3, 0.4) is 0 Å². The van der Waals surface area contributed by atoms with E-state index in [9.17, 15) is 9.90 Å². The monoisotopic (exact) mass is 456 g/mol. The largest absolute Gasteiger partial charge is 0.392 e. The summed E-state index contributed by atoms with van der Waals surface area (Å²) in [5.74, 6) is 2.05. The third-order valence-corrected chi connectivity index (χ3v) is 13.9. The van der Waals surface area contributed by atoms with Crippen molar-refractivity contribution in [3.63, 3.8) is 0 Å². The number of rotatable bonds is 0. The lowest BCUT2D eigenvalue weighted by Gasteiger charge is -2.74. The van der Waals surface area contributed by atoms with Crippen LogP contribution in [0.5, 0.6) is 0 Å². The number of hydrogen-bond donors (Lipinski definition) is 1. The van der Waals surface area contributed by atoms with Crippen LogP contribution in [0.25, 0.3) is 0 Å². The van der Waals surface area contributed by atoms with Gasteiger partial charge in [0, 0.05) is 22.7 Å². The lowest BCUT2D eigenvalue weighted by molar-refractivity contribution is -0.291. The molecule has 0 unspecified atom stereocenters. The molecule has 0 radical (unpaired) electrons. The normalized spacial score (nSPS) is 58.6. The SMILES string of the molecule is CC1(C)CC[C@]23CO[C@@]4(CC[C@@H]5[C@@]6(C)CCC(=O)C(C)(C)[C@@H]6CC[C@@]5(C)[C@]4(C)C[C@H]2O)[C@H]3C1. The summed E-state index contributed by atoms with van der Waals surface area (Å²) in [5, 5.41) is 11.8. The number of Topliss-reactive ketones (excluding diaryl/α,β-unsaturated/α-hetero) is 1. The van der Waals surface area contributed by atoms with Crippen LogP contribution in [-0.2, 0) is 9.53 Å². The van der Waals surface area contributed by atoms with E-state index in [1.165, 1.54) is 25.7 Å². The number of carbonyl (C=O) groups excluding carboxylic acids is 1. The topological polar surface area (TPSA) is 46.5 Å². The summed E-state index contributed by atoms with van der Waals surface area (Å²) in [5.41, 5.74) is 0.368. The Bertz CT molecular complexity index is 891. The number of aliphatic hydroxyl groups is 1. The van der Waals surface area contributed by atoms with Crippen molar-refractivity contribution in [3.8, 4) is 0 Å². The molecule has 1 heterocycles. The van der Waals surface area contributed by atoms with E-state index in [0.29, 0.717) is 29.0 Å². The van der Waals surface area contributed by atoms with E-state index in [-0.39, 0.29) is 38.8 Å². The second-order valence-corrected chi connectivity index (χ2v) is 15.6. The zero-order chi connectivity index (χ0) is 23.9. The summed E-state index contributed by atoms with van der Waals surface area (Å²) in [4.78, 5) is 13.0. The smallest absolute Gasteiger partial charge is 0.138 e. The Hall–Kier alpha value is -0.410. The fourth-order valence-electron chi connectivity index (χ4n) is 11.8. The quantitative estimate of drug-likeness (QED) is 0.449. The molecule has 1 saturated heterocycles. The van der Waals surface area contributed by atoms with Crippen LogP contribution < -0.4 is 0 Å². The molecular formula is C30H48O3. The van der Waals surface area contributed by atoms with E-state index in [1.54, 1.807) is 0 Å². The van der Waals surface area contributed by atoms with Crippen LogP contribution in [0.1, 0.15) is 113 Å². The predicted molar refractivity (Wildman–Crippen MR) is 131 cm³/mol. The molecule has 5 aliphatic carbocycles. The van der Waals surface area contributed by atoms with Gasteiger partial charge < -0.3 is 9.84 Å². The number of fused-ring (bicyclic) bond motifs is 4. The van der Waals surface area contributed by atoms with Crippen LogP contribution in [-0.4, -0.2) is 29.2 Å². The van der Waals surface area contributed by atoms with Crippen molar-refractivity contribution in [1.29, 1.82) is 0 Å². The van der Waals surface area contributed by atoms with Gasteiger partial charge in [0.15, 0.2) is 0 Å². The van der Waals surface area contributed by atoms with Gasteiger partial charge in [-0.3, -0.25) is 4.79 Å². The van der Waals surface area contributed by atoms with Gasteiger partial charge in [-0.25, -0.2) is 0 Å². The zero-order valence-corrected chi connectivity index (χ0v) is 22.4. The average molecular weight is 457 g/mol. The number of carbonyl (C=O) groups is 1. The maximum atomic E-state index is 13.0. The van der Waals surface area contributed by atoms with Gasteiger partial charge in [0.25, 0.3) is 0 Å². The van der Waals surface area contributed by atoms with Crippen LogP contribution in [0, 0.1) is 50.2 Å². The van der Waals surface area contributed by atoms with Crippen molar-refractivity contribution in [1.82, 2.24) is 0 Å². The highest BCUT2D eigenvalue weighted by Crippen LogP contribution is 2.80. The molecule has 186 valence electrons. The van der Waals surface area contributed by atoms with Crippen molar-refractivity contribution in [2.24, 2.45) is 50.2 Å². The molecule has 9 atom stereocenters. The first-order valence-corrected chi connectivity index (χ1v) is 14.0. The Balaban J connectivity index is 1.46. The van der Waals surface area contributed by atoms with Crippen molar-refractivity contribution >= 4 is 5.78 Å². The summed E-state index contributed by atoms with van der Waals surface area (Å²) in [7, 11) is 0.